The van der Waals surface area contributed by atoms with Crippen LogP contribution in [0.2, 0.25) is 0 Å². The minimum atomic E-state index is 0.438. The normalized spacial score (nSPS) is 13.5. The van der Waals surface area contributed by atoms with Crippen LogP contribution in [0.25, 0.3) is 0 Å². The summed E-state index contributed by atoms with van der Waals surface area (Å²) in [5.74, 6) is 1.67. The fourth-order valence-electron chi connectivity index (χ4n) is 2.17. The molecule has 120 valence electrons. The summed E-state index contributed by atoms with van der Waals surface area (Å²) >= 11 is 0. The zero-order valence-electron chi connectivity index (χ0n) is 14.2. The molecule has 0 aliphatic heterocycles. The van der Waals surface area contributed by atoms with Crippen LogP contribution in [0.1, 0.15) is 52.7 Å². The Balaban J connectivity index is 2.46. The van der Waals surface area contributed by atoms with Crippen molar-refractivity contribution in [3.63, 3.8) is 0 Å². The minimum absolute atomic E-state index is 0.438. The van der Waals surface area contributed by atoms with E-state index in [9.17, 15) is 0 Å². The molecule has 0 aliphatic carbocycles. The Morgan fingerprint density at radius 1 is 1.33 bits per heavy atom. The molecule has 0 radical (unpaired) electrons. The predicted molar refractivity (Wildman–Crippen MR) is 89.3 cm³/mol. The van der Waals surface area contributed by atoms with Crippen molar-refractivity contribution in [3.05, 3.63) is 18.0 Å². The van der Waals surface area contributed by atoms with E-state index < -0.39 is 0 Å². The van der Waals surface area contributed by atoms with Gasteiger partial charge in [0.1, 0.15) is 0 Å². The number of guanidine groups is 1. The second-order valence-electron chi connectivity index (χ2n) is 6.01. The highest BCUT2D eigenvalue weighted by Gasteiger charge is 2.06. The zero-order valence-corrected chi connectivity index (χ0v) is 14.2. The van der Waals surface area contributed by atoms with E-state index in [1.165, 1.54) is 19.3 Å². The van der Waals surface area contributed by atoms with Gasteiger partial charge in [-0.2, -0.15) is 5.10 Å². The van der Waals surface area contributed by atoms with Crippen molar-refractivity contribution >= 4 is 5.96 Å². The van der Waals surface area contributed by atoms with Gasteiger partial charge < -0.3 is 10.6 Å². The molecule has 0 aliphatic rings. The van der Waals surface area contributed by atoms with E-state index in [4.69, 9.17) is 0 Å². The third kappa shape index (κ3) is 7.16. The summed E-state index contributed by atoms with van der Waals surface area (Å²) in [5, 5.41) is 11.0. The SMILES string of the molecule is CCNC(=NCc1ccnn1C)NC(C)CCCC(C)C. The average molecular weight is 293 g/mol. The molecule has 5 heteroatoms. The van der Waals surface area contributed by atoms with Crippen molar-refractivity contribution in [1.29, 1.82) is 0 Å². The second-order valence-corrected chi connectivity index (χ2v) is 6.01. The van der Waals surface area contributed by atoms with E-state index in [2.05, 4.69) is 48.4 Å². The topological polar surface area (TPSA) is 54.2 Å². The number of nitrogens with one attached hydrogen (secondary N) is 2. The van der Waals surface area contributed by atoms with Crippen molar-refractivity contribution in [2.24, 2.45) is 18.0 Å². The second kappa shape index (κ2) is 9.42. The number of aliphatic imine (C=N–C) groups is 1. The summed E-state index contributed by atoms with van der Waals surface area (Å²) in [7, 11) is 1.94. The molecule has 5 nitrogen and oxygen atoms in total. The van der Waals surface area contributed by atoms with Crippen LogP contribution in [-0.2, 0) is 13.6 Å². The van der Waals surface area contributed by atoms with Gasteiger partial charge >= 0.3 is 0 Å². The number of nitrogens with zero attached hydrogens (tertiary/aromatic N) is 3. The number of hydrogen-bond donors (Lipinski definition) is 2. The number of hydrogen-bond acceptors (Lipinski definition) is 2. The molecule has 1 atom stereocenters. The lowest BCUT2D eigenvalue weighted by Crippen LogP contribution is -2.42. The van der Waals surface area contributed by atoms with Crippen LogP contribution >= 0.6 is 0 Å². The number of aryl methyl sites for hydroxylation is 1. The molecule has 0 bridgehead atoms. The molecule has 0 fully saturated rings. The van der Waals surface area contributed by atoms with Gasteiger partial charge in [-0.15, -0.1) is 0 Å². The lowest BCUT2D eigenvalue weighted by molar-refractivity contribution is 0.491. The fraction of sp³-hybridized carbons (Fsp3) is 0.750. The van der Waals surface area contributed by atoms with E-state index in [1.807, 2.05) is 17.8 Å². The molecule has 0 aromatic carbocycles. The van der Waals surface area contributed by atoms with Gasteiger partial charge in [0.15, 0.2) is 5.96 Å². The Hall–Kier alpha value is -1.52. The zero-order chi connectivity index (χ0) is 15.7. The lowest BCUT2D eigenvalue weighted by atomic mass is 10.0. The number of rotatable bonds is 8. The van der Waals surface area contributed by atoms with E-state index >= 15 is 0 Å². The predicted octanol–water partition coefficient (Wildman–Crippen LogP) is 2.69. The van der Waals surface area contributed by atoms with Crippen molar-refractivity contribution in [2.75, 3.05) is 6.54 Å². The minimum Gasteiger partial charge on any atom is -0.357 e. The molecule has 0 saturated heterocycles. The van der Waals surface area contributed by atoms with Crippen LogP contribution in [-0.4, -0.2) is 28.3 Å². The molecule has 1 aromatic heterocycles. The largest absolute Gasteiger partial charge is 0.357 e. The summed E-state index contributed by atoms with van der Waals surface area (Å²) in [6.07, 6.45) is 5.52. The van der Waals surface area contributed by atoms with Crippen LogP contribution in [0, 0.1) is 5.92 Å². The van der Waals surface area contributed by atoms with Crippen LogP contribution < -0.4 is 10.6 Å². The van der Waals surface area contributed by atoms with E-state index in [1.54, 1.807) is 6.20 Å². The van der Waals surface area contributed by atoms with Gasteiger partial charge in [0.25, 0.3) is 0 Å². The van der Waals surface area contributed by atoms with Gasteiger partial charge in [-0.3, -0.25) is 4.68 Å². The van der Waals surface area contributed by atoms with E-state index in [0.717, 1.165) is 24.1 Å². The van der Waals surface area contributed by atoms with E-state index in [-0.39, 0.29) is 0 Å². The molecule has 21 heavy (non-hydrogen) atoms. The number of aromatic nitrogens is 2. The lowest BCUT2D eigenvalue weighted by Gasteiger charge is -2.18. The Labute approximate surface area is 129 Å². The fourth-order valence-corrected chi connectivity index (χ4v) is 2.17. The van der Waals surface area contributed by atoms with Crippen LogP contribution in [0.5, 0.6) is 0 Å². The van der Waals surface area contributed by atoms with Gasteiger partial charge in [0.05, 0.1) is 12.2 Å². The Bertz CT molecular complexity index is 422. The molecule has 0 saturated carbocycles. The molecular weight excluding hydrogens is 262 g/mol. The molecule has 2 N–H and O–H groups in total. The molecule has 1 heterocycles. The maximum absolute atomic E-state index is 4.63. The Kier molecular flexibility index (Phi) is 7.87. The third-order valence-electron chi connectivity index (χ3n) is 3.47. The highest BCUT2D eigenvalue weighted by atomic mass is 15.3. The third-order valence-corrected chi connectivity index (χ3v) is 3.47. The molecule has 1 unspecified atom stereocenters. The van der Waals surface area contributed by atoms with Crippen LogP contribution in [0.15, 0.2) is 17.3 Å². The molecule has 1 rings (SSSR count). The van der Waals surface area contributed by atoms with Crippen LogP contribution in [0.3, 0.4) is 0 Å². The molecular formula is C16H31N5. The van der Waals surface area contributed by atoms with Crippen LogP contribution in [0.4, 0.5) is 0 Å². The Morgan fingerprint density at radius 3 is 2.67 bits per heavy atom. The quantitative estimate of drug-likeness (QED) is 0.572. The first-order chi connectivity index (χ1) is 10.0. The molecule has 0 amide bonds. The summed E-state index contributed by atoms with van der Waals surface area (Å²) in [4.78, 5) is 4.63. The molecule has 0 spiro atoms. The van der Waals surface area contributed by atoms with Crippen molar-refractivity contribution < 1.29 is 0 Å². The molecule has 1 aromatic rings. The average Bonchev–Trinajstić information content (AvgIpc) is 2.81. The standard InChI is InChI=1S/C16H31N5/c1-6-17-16(18-12-15-10-11-19-21(15)5)20-14(4)9-7-8-13(2)3/h10-11,13-14H,6-9,12H2,1-5H3,(H2,17,18,20). The first kappa shape index (κ1) is 17.5. The highest BCUT2D eigenvalue weighted by Crippen LogP contribution is 2.08. The van der Waals surface area contributed by atoms with Crippen molar-refractivity contribution in [3.8, 4) is 0 Å². The first-order valence-electron chi connectivity index (χ1n) is 8.04. The van der Waals surface area contributed by atoms with Gasteiger partial charge in [0.2, 0.25) is 0 Å². The van der Waals surface area contributed by atoms with Gasteiger partial charge in [-0.1, -0.05) is 26.7 Å². The smallest absolute Gasteiger partial charge is 0.191 e. The summed E-state index contributed by atoms with van der Waals surface area (Å²) in [6, 6.07) is 2.44. The van der Waals surface area contributed by atoms with Gasteiger partial charge in [-0.05, 0) is 32.3 Å². The maximum Gasteiger partial charge on any atom is 0.191 e. The first-order valence-corrected chi connectivity index (χ1v) is 8.04. The highest BCUT2D eigenvalue weighted by molar-refractivity contribution is 5.79. The maximum atomic E-state index is 4.63. The van der Waals surface area contributed by atoms with Gasteiger partial charge in [-0.25, -0.2) is 4.99 Å². The van der Waals surface area contributed by atoms with Crippen molar-refractivity contribution in [2.45, 2.75) is 59.5 Å². The summed E-state index contributed by atoms with van der Waals surface area (Å²) in [6.45, 7) is 10.4. The van der Waals surface area contributed by atoms with Gasteiger partial charge in [0, 0.05) is 25.8 Å². The monoisotopic (exact) mass is 293 g/mol. The summed E-state index contributed by atoms with van der Waals surface area (Å²) < 4.78 is 1.86. The van der Waals surface area contributed by atoms with E-state index in [0.29, 0.717) is 12.6 Å². The summed E-state index contributed by atoms with van der Waals surface area (Å²) in [5.41, 5.74) is 1.11. The van der Waals surface area contributed by atoms with Crippen molar-refractivity contribution in [1.82, 2.24) is 20.4 Å². The Morgan fingerprint density at radius 2 is 2.10 bits per heavy atom.